The van der Waals surface area contributed by atoms with Crippen LogP contribution in [0.15, 0.2) is 109 Å². The second-order valence-corrected chi connectivity index (χ2v) is 7.66. The van der Waals surface area contributed by atoms with E-state index in [0.29, 0.717) is 0 Å². The van der Waals surface area contributed by atoms with E-state index in [2.05, 4.69) is 22.1 Å². The van der Waals surface area contributed by atoms with Crippen LogP contribution in [0.3, 0.4) is 0 Å². The van der Waals surface area contributed by atoms with Gasteiger partial charge in [-0.05, 0) is 60.7 Å². The van der Waals surface area contributed by atoms with Crippen molar-refractivity contribution in [1.82, 2.24) is 9.97 Å². The number of hydrogen-bond acceptors (Lipinski definition) is 7. The normalized spacial score (nSPS) is 9.70. The van der Waals surface area contributed by atoms with E-state index in [0.717, 1.165) is 11.4 Å². The molecule has 0 bridgehead atoms. The minimum absolute atomic E-state index is 0.0764. The van der Waals surface area contributed by atoms with Crippen molar-refractivity contribution in [1.29, 1.82) is 0 Å². The quantitative estimate of drug-likeness (QED) is 0.239. The molecule has 0 spiro atoms. The number of thiophene rings is 1. The fraction of sp³-hybridized carbons (Fsp3) is 0. The van der Waals surface area contributed by atoms with Crippen molar-refractivity contribution in [3.05, 3.63) is 109 Å². The van der Waals surface area contributed by atoms with Gasteiger partial charge in [-0.1, -0.05) is 36.4 Å². The van der Waals surface area contributed by atoms with Gasteiger partial charge in [-0.15, -0.1) is 11.3 Å². The molecule has 0 aliphatic carbocycles. The van der Waals surface area contributed by atoms with E-state index in [1.54, 1.807) is 35.6 Å². The Labute approximate surface area is 195 Å². The largest absolute Gasteiger partial charge is 0.504 e. The van der Waals surface area contributed by atoms with E-state index >= 15 is 0 Å². The van der Waals surface area contributed by atoms with Crippen LogP contribution < -0.4 is 0 Å². The third kappa shape index (κ3) is 7.09. The summed E-state index contributed by atoms with van der Waals surface area (Å²) in [5.74, 6) is -0.306. The third-order valence-corrected chi connectivity index (χ3v) is 5.33. The van der Waals surface area contributed by atoms with Crippen molar-refractivity contribution in [2.45, 2.75) is 0 Å². The molecule has 166 valence electrons. The summed E-state index contributed by atoms with van der Waals surface area (Å²) in [5.41, 5.74) is 2.03. The fourth-order valence-electron chi connectivity index (χ4n) is 2.56. The number of aromatic hydroxyl groups is 4. The zero-order valence-corrected chi connectivity index (χ0v) is 18.3. The first-order valence-corrected chi connectivity index (χ1v) is 10.7. The number of nitrogens with zero attached hydrogens (tertiary/aromatic N) is 2. The molecule has 0 unspecified atom stereocenters. The van der Waals surface area contributed by atoms with Gasteiger partial charge in [-0.2, -0.15) is 0 Å². The number of hydrogen-bond donors (Lipinski definition) is 4. The Morgan fingerprint density at radius 1 is 0.424 bits per heavy atom. The van der Waals surface area contributed by atoms with Crippen molar-refractivity contribution >= 4 is 11.3 Å². The molecule has 0 amide bonds. The molecular formula is C26H22N2O4S. The van der Waals surface area contributed by atoms with Crippen molar-refractivity contribution in [2.24, 2.45) is 0 Å². The summed E-state index contributed by atoms with van der Waals surface area (Å²) < 4.78 is 0. The fourth-order valence-corrected chi connectivity index (χ4v) is 3.52. The van der Waals surface area contributed by atoms with Crippen molar-refractivity contribution < 1.29 is 20.4 Å². The van der Waals surface area contributed by atoms with E-state index in [4.69, 9.17) is 20.4 Å². The Bertz CT molecular complexity index is 1120. The van der Waals surface area contributed by atoms with E-state index in [-0.39, 0.29) is 23.0 Å². The summed E-state index contributed by atoms with van der Waals surface area (Å²) in [7, 11) is 0. The van der Waals surface area contributed by atoms with Gasteiger partial charge >= 0.3 is 0 Å². The van der Waals surface area contributed by atoms with Gasteiger partial charge in [-0.25, -0.2) is 0 Å². The predicted molar refractivity (Wildman–Crippen MR) is 130 cm³/mol. The molecule has 0 aliphatic heterocycles. The monoisotopic (exact) mass is 458 g/mol. The average molecular weight is 459 g/mol. The Morgan fingerprint density at radius 3 is 1.03 bits per heavy atom. The van der Waals surface area contributed by atoms with Crippen LogP contribution in [0.5, 0.6) is 23.0 Å². The van der Waals surface area contributed by atoms with E-state index < -0.39 is 0 Å². The summed E-state index contributed by atoms with van der Waals surface area (Å²) >= 11 is 1.71. The topological polar surface area (TPSA) is 107 Å². The van der Waals surface area contributed by atoms with Crippen LogP contribution in [0.25, 0.3) is 21.1 Å². The summed E-state index contributed by atoms with van der Waals surface area (Å²) in [6.07, 6.45) is 3.63. The van der Waals surface area contributed by atoms with Gasteiger partial charge < -0.3 is 20.4 Å². The minimum atomic E-state index is -0.0764. The Hall–Kier alpha value is -4.36. The number of phenols is 4. The standard InChI is InChI=1S/C14H10N2S.2C6H6O2/c1-3-9-15-11(5-1)13-7-8-14(17-13)12-6-2-4-10-16-12;2*7-5-3-1-2-4-6(5)8/h1-10H;2*1-4,7-8H. The molecule has 0 atom stereocenters. The predicted octanol–water partition coefficient (Wildman–Crippen LogP) is 6.07. The number of rotatable bonds is 2. The van der Waals surface area contributed by atoms with E-state index in [1.807, 2.05) is 48.8 Å². The van der Waals surface area contributed by atoms with Crippen LogP contribution in [-0.4, -0.2) is 30.4 Å². The molecule has 0 radical (unpaired) electrons. The molecule has 0 fully saturated rings. The number of benzene rings is 2. The molecule has 2 aromatic carbocycles. The molecular weight excluding hydrogens is 436 g/mol. The first-order valence-electron chi connectivity index (χ1n) is 9.91. The zero-order chi connectivity index (χ0) is 23.5. The molecule has 0 saturated carbocycles. The number of pyridine rings is 2. The Balaban J connectivity index is 0.000000160. The van der Waals surface area contributed by atoms with Crippen LogP contribution in [0.1, 0.15) is 0 Å². The summed E-state index contributed by atoms with van der Waals surface area (Å²) in [6, 6.07) is 28.4. The van der Waals surface area contributed by atoms with Crippen molar-refractivity contribution in [3.8, 4) is 44.1 Å². The summed E-state index contributed by atoms with van der Waals surface area (Å²) in [4.78, 5) is 11.0. The molecule has 5 aromatic rings. The van der Waals surface area contributed by atoms with E-state index in [9.17, 15) is 0 Å². The van der Waals surface area contributed by atoms with Crippen LogP contribution in [-0.2, 0) is 0 Å². The van der Waals surface area contributed by atoms with Crippen LogP contribution in [0.4, 0.5) is 0 Å². The second-order valence-electron chi connectivity index (χ2n) is 6.57. The van der Waals surface area contributed by atoms with Gasteiger partial charge in [0.15, 0.2) is 23.0 Å². The lowest BCUT2D eigenvalue weighted by molar-refractivity contribution is 0.404. The van der Waals surface area contributed by atoms with Crippen LogP contribution in [0, 0.1) is 0 Å². The third-order valence-electron chi connectivity index (χ3n) is 4.20. The number of para-hydroxylation sites is 4. The lowest BCUT2D eigenvalue weighted by atomic mass is 10.3. The van der Waals surface area contributed by atoms with Gasteiger partial charge in [0.2, 0.25) is 0 Å². The molecule has 7 heteroatoms. The van der Waals surface area contributed by atoms with Crippen molar-refractivity contribution in [3.63, 3.8) is 0 Å². The molecule has 4 N–H and O–H groups in total. The summed E-state index contributed by atoms with van der Waals surface area (Å²) in [6.45, 7) is 0. The highest BCUT2D eigenvalue weighted by molar-refractivity contribution is 7.18. The lowest BCUT2D eigenvalue weighted by Crippen LogP contribution is -1.76. The van der Waals surface area contributed by atoms with Gasteiger partial charge in [0, 0.05) is 12.4 Å². The SMILES string of the molecule is Oc1ccccc1O.Oc1ccccc1O.c1ccc(-c2ccc(-c3ccccn3)s2)nc1. The van der Waals surface area contributed by atoms with Gasteiger partial charge in [-0.3, -0.25) is 9.97 Å². The molecule has 5 rings (SSSR count). The Morgan fingerprint density at radius 2 is 0.758 bits per heavy atom. The van der Waals surface area contributed by atoms with Gasteiger partial charge in [0.05, 0.1) is 21.1 Å². The summed E-state index contributed by atoms with van der Waals surface area (Å²) in [5, 5.41) is 34.7. The van der Waals surface area contributed by atoms with Crippen molar-refractivity contribution in [2.75, 3.05) is 0 Å². The first-order chi connectivity index (χ1) is 16.0. The second kappa shape index (κ2) is 11.9. The lowest BCUT2D eigenvalue weighted by Gasteiger charge is -1.95. The molecule has 0 saturated heterocycles. The Kier molecular flexibility index (Phi) is 8.39. The van der Waals surface area contributed by atoms with Crippen LogP contribution >= 0.6 is 11.3 Å². The zero-order valence-electron chi connectivity index (χ0n) is 17.5. The maximum Gasteiger partial charge on any atom is 0.157 e. The van der Waals surface area contributed by atoms with Gasteiger partial charge in [0.25, 0.3) is 0 Å². The molecule has 0 aliphatic rings. The minimum Gasteiger partial charge on any atom is -0.504 e. The van der Waals surface area contributed by atoms with Crippen LogP contribution in [0.2, 0.25) is 0 Å². The highest BCUT2D eigenvalue weighted by Crippen LogP contribution is 2.32. The molecule has 6 nitrogen and oxygen atoms in total. The van der Waals surface area contributed by atoms with E-state index in [1.165, 1.54) is 34.0 Å². The highest BCUT2D eigenvalue weighted by atomic mass is 32.1. The number of phenolic OH excluding ortho intramolecular Hbond substituents is 4. The average Bonchev–Trinajstić information content (AvgIpc) is 3.35. The number of aromatic nitrogens is 2. The molecule has 3 aromatic heterocycles. The maximum atomic E-state index is 8.67. The maximum absolute atomic E-state index is 8.67. The molecule has 33 heavy (non-hydrogen) atoms. The van der Waals surface area contributed by atoms with Gasteiger partial charge in [0.1, 0.15) is 0 Å². The first kappa shape index (κ1) is 23.3. The molecule has 3 heterocycles. The smallest absolute Gasteiger partial charge is 0.157 e. The highest BCUT2D eigenvalue weighted by Gasteiger charge is 2.05.